The van der Waals surface area contributed by atoms with Gasteiger partial charge < -0.3 is 15.2 Å². The first-order chi connectivity index (χ1) is 22.0. The van der Waals surface area contributed by atoms with Gasteiger partial charge in [-0.25, -0.2) is 9.78 Å². The fourth-order valence-electron chi connectivity index (χ4n) is 5.30. The Hall–Kier alpha value is -4.83. The predicted molar refractivity (Wildman–Crippen MR) is 185 cm³/mol. The predicted octanol–water partition coefficient (Wildman–Crippen LogP) is 8.12. The van der Waals surface area contributed by atoms with Gasteiger partial charge in [0.05, 0.1) is 35.7 Å². The van der Waals surface area contributed by atoms with Crippen LogP contribution in [0, 0.1) is 19.3 Å². The van der Waals surface area contributed by atoms with Gasteiger partial charge in [0, 0.05) is 22.7 Å². The normalized spacial score (nSPS) is 12.0. The Balaban J connectivity index is 1.37. The Kier molecular flexibility index (Phi) is 10.3. The molecule has 0 amide bonds. The highest BCUT2D eigenvalue weighted by atomic mass is 32.2. The molecule has 0 bridgehead atoms. The zero-order chi connectivity index (χ0) is 32.7. The zero-order valence-corrected chi connectivity index (χ0v) is 27.6. The maximum Gasteiger partial charge on any atom is 0.335 e. The molecule has 9 nitrogen and oxygen atoms in total. The van der Waals surface area contributed by atoms with Crippen molar-refractivity contribution in [3.63, 3.8) is 0 Å². The number of hydrogen-bond acceptors (Lipinski definition) is 8. The maximum atomic E-state index is 11.5. The third-order valence-corrected chi connectivity index (χ3v) is 8.04. The van der Waals surface area contributed by atoms with Gasteiger partial charge in [-0.3, -0.25) is 9.40 Å². The molecule has 0 spiro atoms. The summed E-state index contributed by atoms with van der Waals surface area (Å²) >= 11 is 1.25. The molecule has 1 atom stereocenters. The minimum atomic E-state index is -0.978. The third kappa shape index (κ3) is 9.10. The van der Waals surface area contributed by atoms with E-state index in [4.69, 9.17) is 14.7 Å². The largest absolute Gasteiger partial charge is 0.478 e. The summed E-state index contributed by atoms with van der Waals surface area (Å²) in [6.45, 7) is 11.8. The molecule has 2 aromatic heterocycles. The summed E-state index contributed by atoms with van der Waals surface area (Å²) in [5.74, 6) is -0.174. The highest BCUT2D eigenvalue weighted by molar-refractivity contribution is 8.00. The molecule has 10 heteroatoms. The second-order valence-electron chi connectivity index (χ2n) is 12.5. The van der Waals surface area contributed by atoms with Crippen LogP contribution in [0.25, 0.3) is 11.3 Å². The molecular formula is C36H40N6O3S. The molecule has 3 aromatic carbocycles. The van der Waals surface area contributed by atoms with Gasteiger partial charge in [-0.15, -0.1) is 0 Å². The van der Waals surface area contributed by atoms with Crippen LogP contribution in [0.3, 0.4) is 0 Å². The van der Waals surface area contributed by atoms with Crippen molar-refractivity contribution in [2.24, 2.45) is 5.41 Å². The van der Waals surface area contributed by atoms with E-state index >= 15 is 0 Å². The Morgan fingerprint density at radius 3 is 2.43 bits per heavy atom. The highest BCUT2D eigenvalue weighted by Crippen LogP contribution is 2.31. The lowest BCUT2D eigenvalue weighted by atomic mass is 9.88. The summed E-state index contributed by atoms with van der Waals surface area (Å²) in [7, 11) is 0. The van der Waals surface area contributed by atoms with Gasteiger partial charge in [-0.05, 0) is 72.5 Å². The summed E-state index contributed by atoms with van der Waals surface area (Å²) < 4.78 is 11.5. The van der Waals surface area contributed by atoms with Crippen molar-refractivity contribution >= 4 is 29.6 Å². The second kappa shape index (κ2) is 14.5. The van der Waals surface area contributed by atoms with Crippen molar-refractivity contribution in [1.29, 1.82) is 0 Å². The topological polar surface area (TPSA) is 114 Å². The molecule has 0 aliphatic carbocycles. The van der Waals surface area contributed by atoms with Gasteiger partial charge in [0.25, 0.3) is 0 Å². The number of rotatable bonds is 13. The molecule has 0 saturated carbocycles. The second-order valence-corrected chi connectivity index (χ2v) is 13.4. The molecule has 5 rings (SSSR count). The van der Waals surface area contributed by atoms with Gasteiger partial charge in [0.1, 0.15) is 6.61 Å². The smallest absolute Gasteiger partial charge is 0.335 e. The number of anilines is 2. The van der Waals surface area contributed by atoms with Crippen molar-refractivity contribution in [3.05, 3.63) is 114 Å². The number of nitrogens with one attached hydrogen (secondary N) is 2. The monoisotopic (exact) mass is 636 g/mol. The first-order valence-corrected chi connectivity index (χ1v) is 16.0. The molecule has 1 unspecified atom stereocenters. The Bertz CT molecular complexity index is 1760. The van der Waals surface area contributed by atoms with E-state index < -0.39 is 5.97 Å². The summed E-state index contributed by atoms with van der Waals surface area (Å²) in [4.78, 5) is 21.7. The van der Waals surface area contributed by atoms with E-state index in [2.05, 4.69) is 74.0 Å². The number of aryl methyl sites for hydroxylation is 2. The summed E-state index contributed by atoms with van der Waals surface area (Å²) in [5, 5.41) is 17.6. The minimum Gasteiger partial charge on any atom is -0.478 e. The van der Waals surface area contributed by atoms with Crippen LogP contribution in [0.4, 0.5) is 11.6 Å². The van der Waals surface area contributed by atoms with Crippen LogP contribution in [0.1, 0.15) is 54.2 Å². The Morgan fingerprint density at radius 2 is 1.72 bits per heavy atom. The van der Waals surface area contributed by atoms with Crippen LogP contribution in [0.5, 0.6) is 5.88 Å². The zero-order valence-electron chi connectivity index (χ0n) is 26.8. The molecule has 0 radical (unpaired) electrons. The standard InChI is InChI=1S/C36H40N6O3S/c1-24-11-9-12-25(2)33(24)31-18-32(40-35(39-31)41-46-30-16-10-15-27(17-30)34(43)44)45-23-28(19-36(3,4)5)38-29-20-37-42(22-29)21-26-13-7-6-8-14-26/h6-18,20,22,28,38H,19,21,23H2,1-5H3,(H,43,44)(H,39,40,41). The van der Waals surface area contributed by atoms with Crippen LogP contribution in [-0.4, -0.2) is 43.5 Å². The van der Waals surface area contributed by atoms with E-state index in [1.54, 1.807) is 18.2 Å². The van der Waals surface area contributed by atoms with Crippen LogP contribution < -0.4 is 14.8 Å². The number of nitrogens with zero attached hydrogens (tertiary/aromatic N) is 4. The molecule has 0 aliphatic rings. The van der Waals surface area contributed by atoms with Crippen molar-refractivity contribution in [2.45, 2.75) is 58.5 Å². The SMILES string of the molecule is Cc1cccc(C)c1-c1cc(OCC(CC(C)(C)C)Nc2cnn(Cc3ccccc3)c2)nc(NSc2cccc(C(=O)O)c2)n1. The molecule has 0 fully saturated rings. The van der Waals surface area contributed by atoms with E-state index in [1.807, 2.05) is 53.5 Å². The van der Waals surface area contributed by atoms with E-state index in [9.17, 15) is 9.90 Å². The van der Waals surface area contributed by atoms with Gasteiger partial charge in [0.15, 0.2) is 0 Å². The number of carbonyl (C=O) groups is 1. The summed E-state index contributed by atoms with van der Waals surface area (Å²) in [6.07, 6.45) is 4.72. The summed E-state index contributed by atoms with van der Waals surface area (Å²) in [6, 6.07) is 25.0. The number of aromatic nitrogens is 4. The lowest BCUT2D eigenvalue weighted by Gasteiger charge is -2.27. The third-order valence-electron chi connectivity index (χ3n) is 7.26. The number of benzene rings is 3. The van der Waals surface area contributed by atoms with Crippen LogP contribution in [0.15, 0.2) is 96.2 Å². The number of ether oxygens (including phenoxy) is 1. The fourth-order valence-corrected chi connectivity index (χ4v) is 5.93. The molecule has 0 aliphatic heterocycles. The molecular weight excluding hydrogens is 597 g/mol. The van der Waals surface area contributed by atoms with E-state index in [0.29, 0.717) is 25.0 Å². The minimum absolute atomic E-state index is 0.0162. The number of aromatic carboxylic acids is 1. The molecule has 5 aromatic rings. The van der Waals surface area contributed by atoms with Crippen molar-refractivity contribution in [2.75, 3.05) is 16.6 Å². The lowest BCUT2D eigenvalue weighted by Crippen LogP contribution is -2.31. The number of hydrogen-bond donors (Lipinski definition) is 3. The Morgan fingerprint density at radius 1 is 0.978 bits per heavy atom. The van der Waals surface area contributed by atoms with Crippen molar-refractivity contribution in [3.8, 4) is 17.1 Å². The van der Waals surface area contributed by atoms with Gasteiger partial charge in [0.2, 0.25) is 11.8 Å². The Labute approximate surface area is 274 Å². The first-order valence-electron chi connectivity index (χ1n) is 15.2. The van der Waals surface area contributed by atoms with Crippen LogP contribution in [-0.2, 0) is 6.54 Å². The van der Waals surface area contributed by atoms with E-state index in [0.717, 1.165) is 39.4 Å². The average molecular weight is 637 g/mol. The van der Waals surface area contributed by atoms with Gasteiger partial charge in [-0.2, -0.15) is 10.1 Å². The fraction of sp³-hybridized carbons (Fsp3) is 0.278. The van der Waals surface area contributed by atoms with Gasteiger partial charge in [-0.1, -0.05) is 75.4 Å². The highest BCUT2D eigenvalue weighted by Gasteiger charge is 2.21. The van der Waals surface area contributed by atoms with E-state index in [-0.39, 0.29) is 17.0 Å². The van der Waals surface area contributed by atoms with Crippen molar-refractivity contribution in [1.82, 2.24) is 19.7 Å². The number of carboxylic acids is 1. The van der Waals surface area contributed by atoms with Crippen molar-refractivity contribution < 1.29 is 14.6 Å². The molecule has 3 N–H and O–H groups in total. The molecule has 2 heterocycles. The van der Waals surface area contributed by atoms with Gasteiger partial charge >= 0.3 is 5.97 Å². The summed E-state index contributed by atoms with van der Waals surface area (Å²) in [5.41, 5.74) is 6.32. The lowest BCUT2D eigenvalue weighted by molar-refractivity contribution is 0.0696. The van der Waals surface area contributed by atoms with Crippen LogP contribution >= 0.6 is 11.9 Å². The maximum absolute atomic E-state index is 11.5. The van der Waals surface area contributed by atoms with Crippen LogP contribution in [0.2, 0.25) is 0 Å². The molecule has 46 heavy (non-hydrogen) atoms. The molecule has 238 valence electrons. The quantitative estimate of drug-likeness (QED) is 0.110. The molecule has 0 saturated heterocycles. The van der Waals surface area contributed by atoms with E-state index in [1.165, 1.54) is 17.5 Å². The average Bonchev–Trinajstić information content (AvgIpc) is 3.45. The first kappa shape index (κ1) is 32.6. The number of carboxylic acid groups (broad SMARTS) is 1.